The quantitative estimate of drug-likeness (QED) is 0.251. The normalized spacial score (nSPS) is 10.9. The molecule has 3 rings (SSSR count). The summed E-state index contributed by atoms with van der Waals surface area (Å²) in [4.78, 5) is 38.0. The Labute approximate surface area is 216 Å². The maximum atomic E-state index is 11.3. The second kappa shape index (κ2) is 12.7. The number of aldehydes is 1. The third-order valence-corrected chi connectivity index (χ3v) is 5.54. The van der Waals surface area contributed by atoms with E-state index >= 15 is 0 Å². The van der Waals surface area contributed by atoms with Crippen molar-refractivity contribution >= 4 is 18.2 Å². The van der Waals surface area contributed by atoms with Gasteiger partial charge in [-0.3, -0.25) is 14.4 Å². The van der Waals surface area contributed by atoms with Crippen LogP contribution in [0.2, 0.25) is 0 Å². The van der Waals surface area contributed by atoms with Crippen LogP contribution in [0, 0.1) is 12.3 Å². The summed E-state index contributed by atoms with van der Waals surface area (Å²) in [5, 5.41) is 0. The second-order valence-corrected chi connectivity index (χ2v) is 9.12. The Bertz CT molecular complexity index is 1220. The van der Waals surface area contributed by atoms with Crippen molar-refractivity contribution in [3.8, 4) is 22.8 Å². The molecule has 2 aromatic carbocycles. The highest BCUT2D eigenvalue weighted by atomic mass is 16.6. The van der Waals surface area contributed by atoms with Gasteiger partial charge in [-0.1, -0.05) is 18.2 Å². The van der Waals surface area contributed by atoms with E-state index in [-0.39, 0.29) is 19.8 Å². The number of benzene rings is 2. The van der Waals surface area contributed by atoms with Gasteiger partial charge in [0, 0.05) is 36.7 Å². The van der Waals surface area contributed by atoms with Crippen LogP contribution < -0.4 is 9.47 Å². The number of ether oxygens (including phenoxy) is 4. The summed E-state index contributed by atoms with van der Waals surface area (Å²) < 4.78 is 22.0. The third kappa shape index (κ3) is 8.45. The summed E-state index contributed by atoms with van der Waals surface area (Å²) >= 11 is 0. The fourth-order valence-corrected chi connectivity index (χ4v) is 3.49. The van der Waals surface area contributed by atoms with Gasteiger partial charge in [-0.25, -0.2) is 4.98 Å². The monoisotopic (exact) mass is 505 g/mol. The summed E-state index contributed by atoms with van der Waals surface area (Å²) in [6.45, 7) is 6.96. The van der Waals surface area contributed by atoms with Gasteiger partial charge >= 0.3 is 11.9 Å². The highest BCUT2D eigenvalue weighted by Gasteiger charge is 2.29. The van der Waals surface area contributed by atoms with Crippen molar-refractivity contribution in [3.05, 3.63) is 77.5 Å². The van der Waals surface area contributed by atoms with E-state index in [9.17, 15) is 14.4 Å². The Morgan fingerprint density at radius 1 is 0.892 bits per heavy atom. The van der Waals surface area contributed by atoms with Gasteiger partial charge in [0.15, 0.2) is 0 Å². The summed E-state index contributed by atoms with van der Waals surface area (Å²) in [6, 6.07) is 18.7. The molecule has 0 saturated carbocycles. The van der Waals surface area contributed by atoms with E-state index in [0.717, 1.165) is 28.7 Å². The Hall–Kier alpha value is -4.20. The van der Waals surface area contributed by atoms with Gasteiger partial charge in [-0.15, -0.1) is 0 Å². The molecule has 0 aliphatic carbocycles. The molecule has 0 spiro atoms. The fourth-order valence-electron chi connectivity index (χ4n) is 3.49. The van der Waals surface area contributed by atoms with Crippen LogP contribution >= 0.6 is 0 Å². The maximum Gasteiger partial charge on any atom is 0.302 e. The van der Waals surface area contributed by atoms with Crippen molar-refractivity contribution in [3.63, 3.8) is 0 Å². The van der Waals surface area contributed by atoms with Gasteiger partial charge in [0.1, 0.15) is 38.5 Å². The van der Waals surface area contributed by atoms with Crippen LogP contribution in [-0.4, -0.2) is 43.0 Å². The first kappa shape index (κ1) is 27.4. The molecule has 0 unspecified atom stereocenters. The number of carbonyl (C=O) groups excluding carboxylic acids is 3. The molecular weight excluding hydrogens is 474 g/mol. The topological polar surface area (TPSA) is 101 Å². The van der Waals surface area contributed by atoms with E-state index in [1.807, 2.05) is 44.2 Å². The molecular formula is C29H31NO7. The number of aryl methyl sites for hydroxylation is 1. The predicted octanol–water partition coefficient (Wildman–Crippen LogP) is 4.96. The molecule has 1 heterocycles. The molecule has 0 bridgehead atoms. The van der Waals surface area contributed by atoms with E-state index < -0.39 is 17.4 Å². The van der Waals surface area contributed by atoms with E-state index in [2.05, 4.69) is 4.98 Å². The SMILES string of the molecule is CC(=O)OCC(C)(COC(C)=O)COc1ccc(-c2cccc(COc3ccc(C=O)cc3)c2)c(C)n1. The van der Waals surface area contributed by atoms with Crippen LogP contribution in [-0.2, 0) is 25.7 Å². The number of carbonyl (C=O) groups is 3. The minimum atomic E-state index is -0.729. The molecule has 194 valence electrons. The van der Waals surface area contributed by atoms with Gasteiger partial charge in [0.05, 0.1) is 5.41 Å². The second-order valence-electron chi connectivity index (χ2n) is 9.12. The number of hydrogen-bond acceptors (Lipinski definition) is 8. The van der Waals surface area contributed by atoms with Crippen molar-refractivity contribution in [2.45, 2.75) is 34.3 Å². The molecule has 37 heavy (non-hydrogen) atoms. The smallest absolute Gasteiger partial charge is 0.302 e. The molecule has 0 aliphatic rings. The molecule has 0 aliphatic heterocycles. The number of pyridine rings is 1. The van der Waals surface area contributed by atoms with Crippen molar-refractivity contribution in [2.75, 3.05) is 19.8 Å². The summed E-state index contributed by atoms with van der Waals surface area (Å²) in [5.74, 6) is 0.257. The van der Waals surface area contributed by atoms with E-state index in [0.29, 0.717) is 23.8 Å². The number of aromatic nitrogens is 1. The minimum Gasteiger partial charge on any atom is -0.489 e. The molecule has 1 aromatic heterocycles. The summed E-state index contributed by atoms with van der Waals surface area (Å²) in [6.07, 6.45) is 0.796. The fraction of sp³-hybridized carbons (Fsp3) is 0.310. The number of rotatable bonds is 12. The first-order chi connectivity index (χ1) is 17.7. The summed E-state index contributed by atoms with van der Waals surface area (Å²) in [5.41, 5.74) is 3.58. The first-order valence-corrected chi connectivity index (χ1v) is 11.8. The van der Waals surface area contributed by atoms with Gasteiger partial charge in [-0.2, -0.15) is 0 Å². The highest BCUT2D eigenvalue weighted by Crippen LogP contribution is 2.27. The highest BCUT2D eigenvalue weighted by molar-refractivity contribution is 5.74. The number of hydrogen-bond donors (Lipinski definition) is 0. The van der Waals surface area contributed by atoms with Crippen LogP contribution in [0.15, 0.2) is 60.7 Å². The minimum absolute atomic E-state index is 0.0444. The molecule has 0 atom stereocenters. The van der Waals surface area contributed by atoms with Crippen LogP contribution in [0.5, 0.6) is 11.6 Å². The molecule has 0 radical (unpaired) electrons. The van der Waals surface area contributed by atoms with Gasteiger partial charge < -0.3 is 18.9 Å². The predicted molar refractivity (Wildman–Crippen MR) is 137 cm³/mol. The molecule has 3 aromatic rings. The number of nitrogens with zero attached hydrogens (tertiary/aromatic N) is 1. The van der Waals surface area contributed by atoms with E-state index in [1.165, 1.54) is 13.8 Å². The average Bonchev–Trinajstić information content (AvgIpc) is 2.89. The van der Waals surface area contributed by atoms with Crippen LogP contribution in [0.25, 0.3) is 11.1 Å². The molecule has 8 nitrogen and oxygen atoms in total. The Kier molecular flexibility index (Phi) is 9.38. The van der Waals surface area contributed by atoms with Gasteiger partial charge in [0.2, 0.25) is 5.88 Å². The van der Waals surface area contributed by atoms with Crippen LogP contribution in [0.4, 0.5) is 0 Å². The molecule has 0 fully saturated rings. The molecule has 8 heteroatoms. The van der Waals surface area contributed by atoms with E-state index in [1.54, 1.807) is 30.3 Å². The first-order valence-electron chi connectivity index (χ1n) is 11.8. The standard InChI is InChI=1S/C29H31NO7/c1-20-27(25-7-5-6-24(14-25)16-34-26-10-8-23(15-31)9-11-26)12-13-28(30-20)37-19-29(4,17-35-21(2)32)18-36-22(3)33/h5-15H,16-19H2,1-4H3. The lowest BCUT2D eigenvalue weighted by atomic mass is 9.94. The molecule has 0 saturated heterocycles. The van der Waals surface area contributed by atoms with Crippen LogP contribution in [0.3, 0.4) is 0 Å². The lowest BCUT2D eigenvalue weighted by molar-refractivity contribution is -0.152. The van der Waals surface area contributed by atoms with Crippen LogP contribution in [0.1, 0.15) is 42.4 Å². The van der Waals surface area contributed by atoms with Crippen molar-refractivity contribution in [2.24, 2.45) is 5.41 Å². The third-order valence-electron chi connectivity index (χ3n) is 5.54. The largest absolute Gasteiger partial charge is 0.489 e. The number of esters is 2. The van der Waals surface area contributed by atoms with Gasteiger partial charge in [-0.05, 0) is 61.4 Å². The van der Waals surface area contributed by atoms with Crippen molar-refractivity contribution in [1.29, 1.82) is 0 Å². The zero-order chi connectivity index (χ0) is 26.8. The van der Waals surface area contributed by atoms with Crippen molar-refractivity contribution < 1.29 is 33.3 Å². The molecule has 0 N–H and O–H groups in total. The van der Waals surface area contributed by atoms with Gasteiger partial charge in [0.25, 0.3) is 0 Å². The lowest BCUT2D eigenvalue weighted by Gasteiger charge is -2.28. The van der Waals surface area contributed by atoms with Crippen molar-refractivity contribution in [1.82, 2.24) is 4.98 Å². The molecule has 0 amide bonds. The van der Waals surface area contributed by atoms with E-state index in [4.69, 9.17) is 18.9 Å². The summed E-state index contributed by atoms with van der Waals surface area (Å²) in [7, 11) is 0. The maximum absolute atomic E-state index is 11.3. The lowest BCUT2D eigenvalue weighted by Crippen LogP contribution is -2.36. The zero-order valence-corrected chi connectivity index (χ0v) is 21.5. The Morgan fingerprint density at radius 2 is 1.57 bits per heavy atom. The zero-order valence-electron chi connectivity index (χ0n) is 21.5. The average molecular weight is 506 g/mol. The Morgan fingerprint density at radius 3 is 2.16 bits per heavy atom. The Balaban J connectivity index is 1.66.